The van der Waals surface area contributed by atoms with Crippen molar-refractivity contribution in [3.63, 3.8) is 0 Å². The number of H-pyrrole nitrogens is 1. The number of nitrogens with one attached hydrogen (secondary N) is 2. The van der Waals surface area contributed by atoms with Crippen LogP contribution >= 0.6 is 35.2 Å². The molecular weight excluding hydrogens is 450 g/mol. The first kappa shape index (κ1) is 21.4. The summed E-state index contributed by atoms with van der Waals surface area (Å²) in [7, 11) is 0. The summed E-state index contributed by atoms with van der Waals surface area (Å²) in [5.74, 6) is 0.404. The third-order valence-corrected chi connectivity index (χ3v) is 6.42. The zero-order valence-electron chi connectivity index (χ0n) is 17.0. The molecule has 0 saturated carbocycles. The van der Waals surface area contributed by atoms with Gasteiger partial charge >= 0.3 is 0 Å². The Kier molecular flexibility index (Phi) is 6.31. The molecule has 0 aliphatic rings. The smallest absolute Gasteiger partial charge is 0.246 e. The van der Waals surface area contributed by atoms with E-state index in [0.717, 1.165) is 32.2 Å². The minimum atomic E-state index is -0.217. The lowest BCUT2D eigenvalue weighted by atomic mass is 10.1. The van der Waals surface area contributed by atoms with E-state index in [-0.39, 0.29) is 12.5 Å². The van der Waals surface area contributed by atoms with E-state index < -0.39 is 0 Å². The number of nitrogens with zero attached hydrogens (tertiary/aromatic N) is 3. The lowest BCUT2D eigenvalue weighted by molar-refractivity contribution is -0.116. The van der Waals surface area contributed by atoms with Crippen molar-refractivity contribution in [2.24, 2.45) is 0 Å². The lowest BCUT2D eigenvalue weighted by Crippen LogP contribution is -2.19. The van der Waals surface area contributed by atoms with Crippen molar-refractivity contribution in [1.82, 2.24) is 19.7 Å². The van der Waals surface area contributed by atoms with Crippen molar-refractivity contribution < 1.29 is 4.79 Å². The molecule has 2 N–H and O–H groups in total. The van der Waals surface area contributed by atoms with Crippen LogP contribution in [0.25, 0.3) is 11.4 Å². The Balaban J connectivity index is 1.44. The predicted octanol–water partition coefficient (Wildman–Crippen LogP) is 5.56. The number of hydrogen-bond donors (Lipinski definition) is 2. The highest BCUT2D eigenvalue weighted by Gasteiger charge is 2.14. The number of hydrogen-bond acceptors (Lipinski definition) is 5. The van der Waals surface area contributed by atoms with Gasteiger partial charge in [0, 0.05) is 28.1 Å². The molecule has 0 spiro atoms. The number of rotatable bonds is 6. The fraction of sp³-hybridized carbons (Fsp3) is 0.182. The van der Waals surface area contributed by atoms with Gasteiger partial charge in [0.15, 0.2) is 15.7 Å². The number of amides is 1. The molecule has 0 bridgehead atoms. The third kappa shape index (κ3) is 5.10. The maximum Gasteiger partial charge on any atom is 0.246 e. The van der Waals surface area contributed by atoms with Crippen LogP contribution in [-0.2, 0) is 17.8 Å². The molecule has 0 radical (unpaired) electrons. The largest absolute Gasteiger partial charge is 0.300 e. The SMILES string of the molecule is Cc1ccc(-c2n[nH]c(=S)n2CC(=O)Nc2ncc(Cc3ccc(C)c(Cl)c3)s2)cc1. The van der Waals surface area contributed by atoms with Gasteiger partial charge in [-0.2, -0.15) is 5.10 Å². The summed E-state index contributed by atoms with van der Waals surface area (Å²) in [4.78, 5) is 18.0. The second-order valence-electron chi connectivity index (χ2n) is 7.24. The van der Waals surface area contributed by atoms with Crippen molar-refractivity contribution >= 4 is 46.2 Å². The minimum Gasteiger partial charge on any atom is -0.300 e. The van der Waals surface area contributed by atoms with Crippen molar-refractivity contribution in [2.75, 3.05) is 5.32 Å². The van der Waals surface area contributed by atoms with E-state index in [9.17, 15) is 4.79 Å². The Bertz CT molecular complexity index is 1290. The predicted molar refractivity (Wildman–Crippen MR) is 127 cm³/mol. The Morgan fingerprint density at radius 1 is 1.23 bits per heavy atom. The van der Waals surface area contributed by atoms with Crippen LogP contribution in [0, 0.1) is 18.6 Å². The van der Waals surface area contributed by atoms with Gasteiger partial charge in [0.1, 0.15) is 6.54 Å². The van der Waals surface area contributed by atoms with Gasteiger partial charge in [0.2, 0.25) is 5.91 Å². The van der Waals surface area contributed by atoms with Gasteiger partial charge in [-0.3, -0.25) is 14.5 Å². The molecule has 4 rings (SSSR count). The van der Waals surface area contributed by atoms with E-state index in [2.05, 4.69) is 20.5 Å². The van der Waals surface area contributed by atoms with Crippen molar-refractivity contribution in [3.8, 4) is 11.4 Å². The van der Waals surface area contributed by atoms with Crippen LogP contribution in [0.5, 0.6) is 0 Å². The molecule has 9 heteroatoms. The second kappa shape index (κ2) is 9.13. The van der Waals surface area contributed by atoms with Crippen molar-refractivity contribution in [1.29, 1.82) is 0 Å². The fourth-order valence-electron chi connectivity index (χ4n) is 3.08. The maximum atomic E-state index is 12.6. The monoisotopic (exact) mass is 469 g/mol. The molecule has 2 aromatic carbocycles. The minimum absolute atomic E-state index is 0.0427. The molecular formula is C22H20ClN5OS2. The van der Waals surface area contributed by atoms with Gasteiger partial charge in [0.05, 0.1) is 0 Å². The summed E-state index contributed by atoms with van der Waals surface area (Å²) >= 11 is 13.0. The number of thiazole rings is 1. The molecule has 158 valence electrons. The number of aromatic amines is 1. The van der Waals surface area contributed by atoms with Gasteiger partial charge < -0.3 is 5.32 Å². The summed E-state index contributed by atoms with van der Waals surface area (Å²) in [6.07, 6.45) is 2.48. The quantitative estimate of drug-likeness (QED) is 0.362. The summed E-state index contributed by atoms with van der Waals surface area (Å²) in [6, 6.07) is 13.9. The number of aryl methyl sites for hydroxylation is 2. The summed E-state index contributed by atoms with van der Waals surface area (Å²) < 4.78 is 2.07. The topological polar surface area (TPSA) is 75.6 Å². The second-order valence-corrected chi connectivity index (χ2v) is 9.15. The lowest BCUT2D eigenvalue weighted by Gasteiger charge is -2.07. The molecule has 0 fully saturated rings. The van der Waals surface area contributed by atoms with Crippen LogP contribution in [0.15, 0.2) is 48.7 Å². The number of anilines is 1. The zero-order valence-corrected chi connectivity index (χ0v) is 19.4. The van der Waals surface area contributed by atoms with Crippen LogP contribution in [0.3, 0.4) is 0 Å². The molecule has 2 aromatic heterocycles. The normalized spacial score (nSPS) is 10.9. The van der Waals surface area contributed by atoms with Crippen LogP contribution in [0.4, 0.5) is 5.13 Å². The Labute approximate surface area is 193 Å². The van der Waals surface area contributed by atoms with Gasteiger partial charge in [-0.05, 0) is 43.3 Å². The summed E-state index contributed by atoms with van der Waals surface area (Å²) in [5.41, 5.74) is 4.18. The average Bonchev–Trinajstić information content (AvgIpc) is 3.32. The molecule has 0 atom stereocenters. The maximum absolute atomic E-state index is 12.6. The standard InChI is InChI=1S/C22H20ClN5OS2/c1-13-3-7-16(8-4-13)20-26-27-22(30)28(20)12-19(29)25-21-24-11-17(31-21)9-15-6-5-14(2)18(23)10-15/h3-8,10-11H,9,12H2,1-2H3,(H,27,30)(H,24,25,29). The number of carbonyl (C=O) groups excluding carboxylic acids is 1. The highest BCUT2D eigenvalue weighted by Crippen LogP contribution is 2.24. The summed E-state index contributed by atoms with van der Waals surface area (Å²) in [5, 5.41) is 11.2. The Morgan fingerprint density at radius 2 is 2.00 bits per heavy atom. The van der Waals surface area contributed by atoms with Crippen LogP contribution < -0.4 is 5.32 Å². The average molecular weight is 470 g/mol. The van der Waals surface area contributed by atoms with Crippen molar-refractivity contribution in [3.05, 3.63) is 80.0 Å². The van der Waals surface area contributed by atoms with Crippen LogP contribution in [0.1, 0.15) is 21.6 Å². The van der Waals surface area contributed by atoms with E-state index in [1.165, 1.54) is 11.3 Å². The Hall–Kier alpha value is -2.81. The zero-order chi connectivity index (χ0) is 22.0. The first-order valence-electron chi connectivity index (χ1n) is 9.61. The number of halogens is 1. The molecule has 6 nitrogen and oxygen atoms in total. The molecule has 1 amide bonds. The van der Waals surface area contributed by atoms with Crippen molar-refractivity contribution in [2.45, 2.75) is 26.8 Å². The van der Waals surface area contributed by atoms with Crippen LogP contribution in [0.2, 0.25) is 5.02 Å². The van der Waals surface area contributed by atoms with E-state index >= 15 is 0 Å². The highest BCUT2D eigenvalue weighted by atomic mass is 35.5. The molecule has 4 aromatic rings. The first-order valence-corrected chi connectivity index (χ1v) is 11.2. The van der Waals surface area contributed by atoms with Crippen LogP contribution in [-0.4, -0.2) is 25.7 Å². The molecule has 0 aliphatic heterocycles. The van der Waals surface area contributed by atoms with Gasteiger partial charge in [-0.25, -0.2) is 4.98 Å². The van der Waals surface area contributed by atoms with E-state index in [0.29, 0.717) is 22.1 Å². The first-order chi connectivity index (χ1) is 14.9. The number of aromatic nitrogens is 4. The molecule has 0 saturated heterocycles. The number of carbonyl (C=O) groups is 1. The van der Waals surface area contributed by atoms with Gasteiger partial charge in [-0.15, -0.1) is 11.3 Å². The molecule has 31 heavy (non-hydrogen) atoms. The molecule has 2 heterocycles. The van der Waals surface area contributed by atoms with E-state index in [4.69, 9.17) is 23.8 Å². The fourth-order valence-corrected chi connectivity index (χ4v) is 4.35. The molecule has 0 aliphatic carbocycles. The van der Waals surface area contributed by atoms with Gasteiger partial charge in [-0.1, -0.05) is 53.6 Å². The Morgan fingerprint density at radius 3 is 2.74 bits per heavy atom. The number of benzene rings is 2. The summed E-state index contributed by atoms with van der Waals surface area (Å²) in [6.45, 7) is 4.04. The third-order valence-electron chi connectivity index (χ3n) is 4.78. The van der Waals surface area contributed by atoms with Gasteiger partial charge in [0.25, 0.3) is 0 Å². The van der Waals surface area contributed by atoms with E-state index in [1.54, 1.807) is 10.8 Å². The molecule has 0 unspecified atom stereocenters. The van der Waals surface area contributed by atoms with E-state index in [1.807, 2.05) is 56.3 Å². The highest BCUT2D eigenvalue weighted by molar-refractivity contribution is 7.71.